The topological polar surface area (TPSA) is 43.1 Å². The number of hydrogen-bond acceptors (Lipinski definition) is 4. The Kier molecular flexibility index (Phi) is 2.57. The molecule has 0 aliphatic carbocycles. The van der Waals surface area contributed by atoms with Crippen LogP contribution in [0.4, 0.5) is 0 Å². The predicted molar refractivity (Wildman–Crippen MR) is 68.5 cm³/mol. The molecule has 0 aliphatic heterocycles. The average Bonchev–Trinajstić information content (AvgIpc) is 2.94. The summed E-state index contributed by atoms with van der Waals surface area (Å²) in [6, 6.07) is 4.16. The third kappa shape index (κ3) is 1.71. The molecule has 4 nitrogen and oxygen atoms in total. The molecule has 0 saturated heterocycles. The second-order valence-corrected chi connectivity index (χ2v) is 5.12. The number of aromatic nitrogens is 4. The van der Waals surface area contributed by atoms with Gasteiger partial charge in [-0.1, -0.05) is 18.5 Å². The van der Waals surface area contributed by atoms with Crippen LogP contribution in [0.1, 0.15) is 11.8 Å². The van der Waals surface area contributed by atoms with Crippen molar-refractivity contribution in [3.63, 3.8) is 0 Å². The van der Waals surface area contributed by atoms with Gasteiger partial charge in [0.1, 0.15) is 5.15 Å². The molecule has 3 aromatic rings. The fourth-order valence-corrected chi connectivity index (χ4v) is 2.81. The van der Waals surface area contributed by atoms with Crippen molar-refractivity contribution in [3.05, 3.63) is 34.6 Å². The Bertz CT molecular complexity index is 673. The highest BCUT2D eigenvalue weighted by atomic mass is 35.5. The van der Waals surface area contributed by atoms with E-state index in [1.165, 1.54) is 4.88 Å². The van der Waals surface area contributed by atoms with Crippen LogP contribution in [-0.4, -0.2) is 19.6 Å². The van der Waals surface area contributed by atoms with Gasteiger partial charge >= 0.3 is 0 Å². The molecule has 0 aromatic carbocycles. The highest BCUT2D eigenvalue weighted by Crippen LogP contribution is 2.28. The molecule has 3 rings (SSSR count). The van der Waals surface area contributed by atoms with Crippen LogP contribution in [0.2, 0.25) is 5.15 Å². The number of hydrogen-bond donors (Lipinski definition) is 0. The quantitative estimate of drug-likeness (QED) is 0.714. The van der Waals surface area contributed by atoms with E-state index in [0.717, 1.165) is 17.1 Å². The first-order valence-corrected chi connectivity index (χ1v) is 6.42. The van der Waals surface area contributed by atoms with Gasteiger partial charge in [-0.05, 0) is 18.6 Å². The van der Waals surface area contributed by atoms with Gasteiger partial charge in [0.15, 0.2) is 11.5 Å². The zero-order valence-corrected chi connectivity index (χ0v) is 10.7. The van der Waals surface area contributed by atoms with Crippen LogP contribution in [0, 0.1) is 0 Å². The lowest BCUT2D eigenvalue weighted by Crippen LogP contribution is -1.90. The summed E-state index contributed by atoms with van der Waals surface area (Å²) in [6.45, 7) is 2.13. The normalized spacial score (nSPS) is 11.2. The van der Waals surface area contributed by atoms with Gasteiger partial charge < -0.3 is 0 Å². The fourth-order valence-electron chi connectivity index (χ4n) is 1.66. The van der Waals surface area contributed by atoms with Crippen LogP contribution in [0.3, 0.4) is 0 Å². The lowest BCUT2D eigenvalue weighted by atomic mass is 10.3. The molecule has 0 saturated carbocycles. The lowest BCUT2D eigenvalue weighted by Gasteiger charge is -1.98. The third-order valence-corrected chi connectivity index (χ3v) is 4.00. The summed E-state index contributed by atoms with van der Waals surface area (Å²) in [6.07, 6.45) is 4.27. The van der Waals surface area contributed by atoms with E-state index >= 15 is 0 Å². The summed E-state index contributed by atoms with van der Waals surface area (Å²) in [7, 11) is 0. The average molecular weight is 265 g/mol. The van der Waals surface area contributed by atoms with E-state index in [0.29, 0.717) is 10.8 Å². The summed E-state index contributed by atoms with van der Waals surface area (Å²) in [4.78, 5) is 6.38. The van der Waals surface area contributed by atoms with E-state index in [4.69, 9.17) is 11.6 Å². The summed E-state index contributed by atoms with van der Waals surface area (Å²) < 4.78 is 1.81. The minimum absolute atomic E-state index is 0.522. The minimum Gasteiger partial charge on any atom is -0.262 e. The minimum atomic E-state index is 0.522. The van der Waals surface area contributed by atoms with Crippen molar-refractivity contribution >= 4 is 28.6 Å². The Morgan fingerprint density at radius 2 is 2.18 bits per heavy atom. The number of halogens is 1. The van der Waals surface area contributed by atoms with E-state index in [-0.39, 0.29) is 0 Å². The zero-order valence-electron chi connectivity index (χ0n) is 9.09. The summed E-state index contributed by atoms with van der Waals surface area (Å²) in [5.41, 5.74) is 0.666. The predicted octanol–water partition coefficient (Wildman–Crippen LogP) is 3.07. The molecule has 3 heterocycles. The first kappa shape index (κ1) is 10.7. The molecule has 0 N–H and O–H groups in total. The summed E-state index contributed by atoms with van der Waals surface area (Å²) in [5, 5.41) is 8.76. The van der Waals surface area contributed by atoms with Gasteiger partial charge in [0.05, 0.1) is 17.3 Å². The van der Waals surface area contributed by atoms with Crippen LogP contribution < -0.4 is 0 Å². The van der Waals surface area contributed by atoms with Crippen LogP contribution in [0.5, 0.6) is 0 Å². The first-order valence-electron chi connectivity index (χ1n) is 5.23. The van der Waals surface area contributed by atoms with Gasteiger partial charge in [-0.25, -0.2) is 0 Å². The van der Waals surface area contributed by atoms with Gasteiger partial charge in [-0.15, -0.1) is 21.5 Å². The molecule has 6 heteroatoms. The molecule has 0 radical (unpaired) electrons. The molecule has 0 bridgehead atoms. The molecule has 0 aliphatic rings. The van der Waals surface area contributed by atoms with E-state index in [2.05, 4.69) is 34.2 Å². The van der Waals surface area contributed by atoms with Gasteiger partial charge in [0.2, 0.25) is 0 Å². The molecule has 17 heavy (non-hydrogen) atoms. The van der Waals surface area contributed by atoms with Crippen molar-refractivity contribution in [2.45, 2.75) is 13.3 Å². The van der Waals surface area contributed by atoms with Gasteiger partial charge in [0, 0.05) is 4.88 Å². The maximum atomic E-state index is 6.12. The van der Waals surface area contributed by atoms with Crippen molar-refractivity contribution in [2.24, 2.45) is 0 Å². The monoisotopic (exact) mass is 264 g/mol. The molecule has 0 amide bonds. The highest BCUT2D eigenvalue weighted by Gasteiger charge is 2.12. The highest BCUT2D eigenvalue weighted by molar-refractivity contribution is 7.15. The van der Waals surface area contributed by atoms with Crippen molar-refractivity contribution in [1.29, 1.82) is 0 Å². The first-order chi connectivity index (χ1) is 8.29. The smallest absolute Gasteiger partial charge is 0.180 e. The Balaban J connectivity index is 2.23. The number of thiophene rings is 1. The Morgan fingerprint density at radius 1 is 1.29 bits per heavy atom. The number of fused-ring (bicyclic) bond motifs is 1. The van der Waals surface area contributed by atoms with Crippen molar-refractivity contribution in [1.82, 2.24) is 19.6 Å². The SMILES string of the molecule is CCc1ccc(-c2nnc3cncc(Cl)n23)s1. The van der Waals surface area contributed by atoms with E-state index < -0.39 is 0 Å². The fraction of sp³-hybridized carbons (Fsp3) is 0.182. The van der Waals surface area contributed by atoms with E-state index in [9.17, 15) is 0 Å². The number of rotatable bonds is 2. The summed E-state index contributed by atoms with van der Waals surface area (Å²) in [5.74, 6) is 0.775. The molecule has 3 aromatic heterocycles. The second kappa shape index (κ2) is 4.09. The van der Waals surface area contributed by atoms with Gasteiger partial charge in [0.25, 0.3) is 0 Å². The Hall–Kier alpha value is -1.46. The molecule has 0 atom stereocenters. The second-order valence-electron chi connectivity index (χ2n) is 3.57. The lowest BCUT2D eigenvalue weighted by molar-refractivity contribution is 1.12. The zero-order chi connectivity index (χ0) is 11.8. The number of aryl methyl sites for hydroxylation is 1. The Morgan fingerprint density at radius 3 is 2.94 bits per heavy atom. The molecule has 0 fully saturated rings. The van der Waals surface area contributed by atoms with Crippen LogP contribution in [-0.2, 0) is 6.42 Å². The van der Waals surface area contributed by atoms with Crippen molar-refractivity contribution in [2.75, 3.05) is 0 Å². The van der Waals surface area contributed by atoms with E-state index in [1.807, 2.05) is 0 Å². The maximum Gasteiger partial charge on any atom is 0.180 e. The van der Waals surface area contributed by atoms with Crippen molar-refractivity contribution < 1.29 is 0 Å². The molecule has 86 valence electrons. The molecular weight excluding hydrogens is 256 g/mol. The molecular formula is C11H9ClN4S. The maximum absolute atomic E-state index is 6.12. The van der Waals surface area contributed by atoms with Gasteiger partial charge in [-0.2, -0.15) is 0 Å². The van der Waals surface area contributed by atoms with E-state index in [1.54, 1.807) is 28.1 Å². The molecule has 0 spiro atoms. The van der Waals surface area contributed by atoms with Crippen molar-refractivity contribution in [3.8, 4) is 10.7 Å². The largest absolute Gasteiger partial charge is 0.262 e. The van der Waals surface area contributed by atoms with Gasteiger partial charge in [-0.3, -0.25) is 9.38 Å². The van der Waals surface area contributed by atoms with Crippen LogP contribution in [0.25, 0.3) is 16.3 Å². The molecule has 0 unspecified atom stereocenters. The Labute approximate surface area is 107 Å². The third-order valence-electron chi connectivity index (χ3n) is 2.50. The number of nitrogens with zero attached hydrogens (tertiary/aromatic N) is 4. The summed E-state index contributed by atoms with van der Waals surface area (Å²) >= 11 is 7.83. The standard InChI is InChI=1S/C11H9ClN4S/c1-2-7-3-4-8(17-7)11-15-14-10-6-13-5-9(12)16(10)11/h3-6H,2H2,1H3. The van der Waals surface area contributed by atoms with Crippen LogP contribution >= 0.6 is 22.9 Å². The van der Waals surface area contributed by atoms with Crippen LogP contribution in [0.15, 0.2) is 24.5 Å².